The smallest absolute Gasteiger partial charge is 0.251 e. The molecule has 0 aromatic heterocycles. The van der Waals surface area contributed by atoms with Gasteiger partial charge in [0, 0.05) is 35.2 Å². The second-order valence-corrected chi connectivity index (χ2v) is 6.37. The van der Waals surface area contributed by atoms with Crippen LogP contribution in [0.2, 0.25) is 0 Å². The fourth-order valence-corrected chi connectivity index (χ4v) is 2.86. The average molecular weight is 423 g/mol. The van der Waals surface area contributed by atoms with Crippen LogP contribution in [0.1, 0.15) is 15.9 Å². The van der Waals surface area contributed by atoms with E-state index in [0.717, 1.165) is 15.8 Å². The molecule has 0 heterocycles. The van der Waals surface area contributed by atoms with Gasteiger partial charge in [-0.05, 0) is 36.4 Å². The van der Waals surface area contributed by atoms with Crippen LogP contribution >= 0.6 is 15.9 Å². The van der Waals surface area contributed by atoms with Crippen molar-refractivity contribution >= 4 is 21.8 Å². The topological polar surface area (TPSA) is 68.8 Å². The summed E-state index contributed by atoms with van der Waals surface area (Å²) in [7, 11) is 4.75. The number of amides is 1. The Labute approximate surface area is 162 Å². The molecule has 0 bridgehead atoms. The van der Waals surface area contributed by atoms with Crippen molar-refractivity contribution in [1.29, 1.82) is 0 Å². The SMILES string of the molecule is COc1ccc(Br)cc1CNCCNC(=O)c1ccc(OC)c(OC)c1. The van der Waals surface area contributed by atoms with E-state index in [9.17, 15) is 4.79 Å². The fourth-order valence-electron chi connectivity index (χ4n) is 2.45. The van der Waals surface area contributed by atoms with E-state index in [1.165, 1.54) is 0 Å². The van der Waals surface area contributed by atoms with Gasteiger partial charge >= 0.3 is 0 Å². The minimum absolute atomic E-state index is 0.159. The molecule has 0 saturated heterocycles. The van der Waals surface area contributed by atoms with Gasteiger partial charge in [0.1, 0.15) is 5.75 Å². The quantitative estimate of drug-likeness (QED) is 0.607. The molecule has 0 radical (unpaired) electrons. The summed E-state index contributed by atoms with van der Waals surface area (Å²) in [6, 6.07) is 10.9. The summed E-state index contributed by atoms with van der Waals surface area (Å²) >= 11 is 3.46. The maximum Gasteiger partial charge on any atom is 0.251 e. The zero-order valence-corrected chi connectivity index (χ0v) is 16.7. The molecule has 0 unspecified atom stereocenters. The van der Waals surface area contributed by atoms with E-state index in [-0.39, 0.29) is 5.91 Å². The Morgan fingerprint density at radius 1 is 0.923 bits per heavy atom. The zero-order chi connectivity index (χ0) is 18.9. The Hall–Kier alpha value is -2.25. The Balaban J connectivity index is 1.81. The summed E-state index contributed by atoms with van der Waals surface area (Å²) in [5.41, 5.74) is 1.57. The number of rotatable bonds is 9. The number of benzene rings is 2. The van der Waals surface area contributed by atoms with E-state index >= 15 is 0 Å². The third-order valence-corrected chi connectivity index (χ3v) is 4.28. The summed E-state index contributed by atoms with van der Waals surface area (Å²) in [5, 5.41) is 6.17. The van der Waals surface area contributed by atoms with Crippen molar-refractivity contribution in [2.75, 3.05) is 34.4 Å². The molecule has 0 atom stereocenters. The van der Waals surface area contributed by atoms with Gasteiger partial charge in [0.2, 0.25) is 0 Å². The highest BCUT2D eigenvalue weighted by atomic mass is 79.9. The lowest BCUT2D eigenvalue weighted by atomic mass is 10.2. The first kappa shape index (κ1) is 20.1. The molecule has 0 saturated carbocycles. The van der Waals surface area contributed by atoms with Gasteiger partial charge in [-0.25, -0.2) is 0 Å². The van der Waals surface area contributed by atoms with E-state index in [0.29, 0.717) is 36.7 Å². The van der Waals surface area contributed by atoms with Gasteiger partial charge in [0.15, 0.2) is 11.5 Å². The number of nitrogens with one attached hydrogen (secondary N) is 2. The van der Waals surface area contributed by atoms with Gasteiger partial charge in [-0.1, -0.05) is 15.9 Å². The van der Waals surface area contributed by atoms with Crippen LogP contribution in [-0.2, 0) is 6.54 Å². The standard InChI is InChI=1S/C19H23BrN2O4/c1-24-16-7-5-15(20)10-14(16)12-21-8-9-22-19(23)13-4-6-17(25-2)18(11-13)26-3/h4-7,10-11,21H,8-9,12H2,1-3H3,(H,22,23). The zero-order valence-electron chi connectivity index (χ0n) is 15.1. The highest BCUT2D eigenvalue weighted by Gasteiger charge is 2.10. The van der Waals surface area contributed by atoms with Crippen molar-refractivity contribution in [3.63, 3.8) is 0 Å². The summed E-state index contributed by atoms with van der Waals surface area (Å²) in [5.74, 6) is 1.79. The maximum atomic E-state index is 12.2. The molecule has 2 N–H and O–H groups in total. The van der Waals surface area contributed by atoms with E-state index in [1.54, 1.807) is 39.5 Å². The second-order valence-electron chi connectivity index (χ2n) is 5.46. The van der Waals surface area contributed by atoms with Crippen LogP contribution in [0.3, 0.4) is 0 Å². The van der Waals surface area contributed by atoms with Crippen molar-refractivity contribution < 1.29 is 19.0 Å². The molecule has 2 aromatic rings. The molecular weight excluding hydrogens is 400 g/mol. The van der Waals surface area contributed by atoms with E-state index in [1.807, 2.05) is 18.2 Å². The molecule has 0 aliphatic carbocycles. The van der Waals surface area contributed by atoms with Crippen molar-refractivity contribution in [2.24, 2.45) is 0 Å². The predicted molar refractivity (Wildman–Crippen MR) is 104 cm³/mol. The number of carbonyl (C=O) groups is 1. The molecular formula is C19H23BrN2O4. The fraction of sp³-hybridized carbons (Fsp3) is 0.316. The molecule has 0 aliphatic rings. The van der Waals surface area contributed by atoms with Crippen LogP contribution in [0, 0.1) is 0 Å². The first-order valence-electron chi connectivity index (χ1n) is 8.12. The van der Waals surface area contributed by atoms with Crippen molar-refractivity contribution in [3.05, 3.63) is 52.0 Å². The van der Waals surface area contributed by atoms with Gasteiger partial charge in [-0.15, -0.1) is 0 Å². The van der Waals surface area contributed by atoms with Gasteiger partial charge < -0.3 is 24.8 Å². The molecule has 7 heteroatoms. The van der Waals surface area contributed by atoms with Crippen LogP contribution in [0.15, 0.2) is 40.9 Å². The molecule has 6 nitrogen and oxygen atoms in total. The largest absolute Gasteiger partial charge is 0.496 e. The van der Waals surface area contributed by atoms with Gasteiger partial charge in [0.25, 0.3) is 5.91 Å². The lowest BCUT2D eigenvalue weighted by molar-refractivity contribution is 0.0953. The van der Waals surface area contributed by atoms with Crippen molar-refractivity contribution in [2.45, 2.75) is 6.54 Å². The lowest BCUT2D eigenvalue weighted by Gasteiger charge is -2.12. The van der Waals surface area contributed by atoms with Crippen LogP contribution in [-0.4, -0.2) is 40.3 Å². The van der Waals surface area contributed by atoms with Crippen LogP contribution in [0.5, 0.6) is 17.2 Å². The molecule has 0 aliphatic heterocycles. The predicted octanol–water partition coefficient (Wildman–Crippen LogP) is 2.99. The average Bonchev–Trinajstić information content (AvgIpc) is 2.67. The molecule has 0 spiro atoms. The van der Waals surface area contributed by atoms with E-state index in [2.05, 4.69) is 26.6 Å². The highest BCUT2D eigenvalue weighted by Crippen LogP contribution is 2.27. The van der Waals surface area contributed by atoms with Gasteiger partial charge in [-0.3, -0.25) is 4.79 Å². The molecule has 2 rings (SSSR count). The molecule has 1 amide bonds. The summed E-state index contributed by atoms with van der Waals surface area (Å²) in [6.07, 6.45) is 0. The minimum atomic E-state index is -0.159. The molecule has 0 fully saturated rings. The van der Waals surface area contributed by atoms with Crippen molar-refractivity contribution in [3.8, 4) is 17.2 Å². The first-order chi connectivity index (χ1) is 12.6. The Kier molecular flexibility index (Phi) is 7.74. The summed E-state index contributed by atoms with van der Waals surface area (Å²) < 4.78 is 16.7. The number of halogens is 1. The highest BCUT2D eigenvalue weighted by molar-refractivity contribution is 9.10. The van der Waals surface area contributed by atoms with Crippen LogP contribution < -0.4 is 24.8 Å². The van der Waals surface area contributed by atoms with E-state index < -0.39 is 0 Å². The minimum Gasteiger partial charge on any atom is -0.496 e. The maximum absolute atomic E-state index is 12.2. The molecule has 140 valence electrons. The van der Waals surface area contributed by atoms with Gasteiger partial charge in [-0.2, -0.15) is 0 Å². The first-order valence-corrected chi connectivity index (χ1v) is 8.91. The van der Waals surface area contributed by atoms with Crippen LogP contribution in [0.4, 0.5) is 0 Å². The Bertz CT molecular complexity index is 752. The summed E-state index contributed by atoms with van der Waals surface area (Å²) in [6.45, 7) is 1.78. The summed E-state index contributed by atoms with van der Waals surface area (Å²) in [4.78, 5) is 12.2. The second kappa shape index (κ2) is 10.0. The number of carbonyl (C=O) groups excluding carboxylic acids is 1. The number of ether oxygens (including phenoxy) is 3. The van der Waals surface area contributed by atoms with E-state index in [4.69, 9.17) is 14.2 Å². The monoisotopic (exact) mass is 422 g/mol. The number of methoxy groups -OCH3 is 3. The normalized spacial score (nSPS) is 10.3. The van der Waals surface area contributed by atoms with Crippen LogP contribution in [0.25, 0.3) is 0 Å². The van der Waals surface area contributed by atoms with Gasteiger partial charge in [0.05, 0.1) is 21.3 Å². The molecule has 26 heavy (non-hydrogen) atoms. The Morgan fingerprint density at radius 3 is 2.31 bits per heavy atom. The molecule has 2 aromatic carbocycles. The number of hydrogen-bond acceptors (Lipinski definition) is 5. The third-order valence-electron chi connectivity index (χ3n) is 3.79. The third kappa shape index (κ3) is 5.37. The van der Waals surface area contributed by atoms with Crippen molar-refractivity contribution in [1.82, 2.24) is 10.6 Å². The lowest BCUT2D eigenvalue weighted by Crippen LogP contribution is -2.31. The Morgan fingerprint density at radius 2 is 1.62 bits per heavy atom. The number of hydrogen-bond donors (Lipinski definition) is 2.